The van der Waals surface area contributed by atoms with E-state index in [1.807, 2.05) is 66.0 Å². The van der Waals surface area contributed by atoms with E-state index >= 15 is 0 Å². The van der Waals surface area contributed by atoms with Crippen LogP contribution in [-0.4, -0.2) is 5.91 Å². The van der Waals surface area contributed by atoms with Gasteiger partial charge in [0.05, 0.1) is 18.2 Å². The molecule has 0 saturated carbocycles. The first-order chi connectivity index (χ1) is 13.2. The van der Waals surface area contributed by atoms with Crippen molar-refractivity contribution in [3.05, 3.63) is 92.6 Å². The zero-order valence-electron chi connectivity index (χ0n) is 15.0. The van der Waals surface area contributed by atoms with Crippen molar-refractivity contribution >= 4 is 28.8 Å². The second-order valence-corrected chi connectivity index (χ2v) is 7.69. The Hall–Kier alpha value is -2.14. The number of rotatable bonds is 9. The molecule has 2 aromatic carbocycles. The molecule has 3 aromatic rings. The lowest BCUT2D eigenvalue weighted by atomic mass is 10.1. The predicted octanol–water partition coefficient (Wildman–Crippen LogP) is 5.37. The highest BCUT2D eigenvalue weighted by molar-refractivity contribution is 7.10. The summed E-state index contributed by atoms with van der Waals surface area (Å²) in [7, 11) is 0. The summed E-state index contributed by atoms with van der Waals surface area (Å²) in [5.41, 5.74) is 3.33. The number of amides is 1. The number of hydrogen-bond donors (Lipinski definition) is 1. The van der Waals surface area contributed by atoms with Gasteiger partial charge < -0.3 is 10.1 Å². The van der Waals surface area contributed by atoms with Gasteiger partial charge in [-0.2, -0.15) is 0 Å². The van der Waals surface area contributed by atoms with Gasteiger partial charge in [-0.15, -0.1) is 11.3 Å². The van der Waals surface area contributed by atoms with Crippen molar-refractivity contribution in [2.75, 3.05) is 0 Å². The summed E-state index contributed by atoms with van der Waals surface area (Å²) in [6.45, 7) is 1.61. The molecule has 0 aliphatic rings. The van der Waals surface area contributed by atoms with Gasteiger partial charge in [0.25, 0.3) is 0 Å². The Labute approximate surface area is 169 Å². The van der Waals surface area contributed by atoms with Crippen LogP contribution >= 0.6 is 22.9 Å². The number of carbonyl (C=O) groups excluding carboxylic acids is 1. The zero-order valence-corrected chi connectivity index (χ0v) is 16.6. The van der Waals surface area contributed by atoms with Crippen molar-refractivity contribution in [2.45, 2.75) is 32.6 Å². The van der Waals surface area contributed by atoms with Crippen LogP contribution in [0.1, 0.15) is 28.0 Å². The van der Waals surface area contributed by atoms with E-state index < -0.39 is 0 Å². The molecule has 1 N–H and O–H groups in total. The number of carbonyl (C=O) groups is 1. The van der Waals surface area contributed by atoms with Gasteiger partial charge in [0, 0.05) is 23.2 Å². The molecule has 27 heavy (non-hydrogen) atoms. The van der Waals surface area contributed by atoms with Gasteiger partial charge in [0.2, 0.25) is 5.91 Å². The molecule has 0 fully saturated rings. The lowest BCUT2D eigenvalue weighted by Gasteiger charge is -2.11. The minimum atomic E-state index is 0.0412. The van der Waals surface area contributed by atoms with E-state index in [4.69, 9.17) is 16.3 Å². The highest BCUT2D eigenvalue weighted by Gasteiger charge is 2.07. The van der Waals surface area contributed by atoms with Crippen LogP contribution in [-0.2, 0) is 35.7 Å². The van der Waals surface area contributed by atoms with Crippen molar-refractivity contribution < 1.29 is 9.53 Å². The van der Waals surface area contributed by atoms with Crippen LogP contribution in [0.5, 0.6) is 0 Å². The maximum atomic E-state index is 12.1. The van der Waals surface area contributed by atoms with E-state index in [2.05, 4.69) is 5.32 Å². The predicted molar refractivity (Wildman–Crippen MR) is 111 cm³/mol. The molecule has 0 aliphatic carbocycles. The molecule has 3 nitrogen and oxygen atoms in total. The molecule has 1 amide bonds. The summed E-state index contributed by atoms with van der Waals surface area (Å²) < 4.78 is 5.84. The van der Waals surface area contributed by atoms with Gasteiger partial charge in [0.1, 0.15) is 0 Å². The van der Waals surface area contributed by atoms with Crippen molar-refractivity contribution in [1.82, 2.24) is 5.32 Å². The second kappa shape index (κ2) is 10.3. The highest BCUT2D eigenvalue weighted by atomic mass is 35.5. The largest absolute Gasteiger partial charge is 0.372 e. The normalized spacial score (nSPS) is 10.7. The molecule has 0 atom stereocenters. The number of thiophene rings is 1. The van der Waals surface area contributed by atoms with E-state index in [-0.39, 0.29) is 5.91 Å². The number of hydrogen-bond acceptors (Lipinski definition) is 3. The van der Waals surface area contributed by atoms with Crippen LogP contribution < -0.4 is 5.32 Å². The molecule has 0 radical (unpaired) electrons. The zero-order chi connectivity index (χ0) is 18.9. The standard InChI is InChI=1S/C22H22ClNO2S/c23-20-12-21(27-16-20)10-11-22(25)24-13-18-8-4-5-9-19(18)15-26-14-17-6-2-1-3-7-17/h1-9,12,16H,10-11,13-15H2,(H,24,25). The summed E-state index contributed by atoms with van der Waals surface area (Å²) in [5, 5.41) is 5.63. The molecule has 3 rings (SSSR count). The lowest BCUT2D eigenvalue weighted by Crippen LogP contribution is -2.23. The fraction of sp³-hybridized carbons (Fsp3) is 0.227. The Morgan fingerprint density at radius 2 is 1.74 bits per heavy atom. The number of benzene rings is 2. The molecule has 0 aliphatic heterocycles. The minimum absolute atomic E-state index is 0.0412. The van der Waals surface area contributed by atoms with Crippen molar-refractivity contribution in [1.29, 1.82) is 0 Å². The van der Waals surface area contributed by atoms with Gasteiger partial charge in [0.15, 0.2) is 0 Å². The van der Waals surface area contributed by atoms with Gasteiger partial charge in [-0.3, -0.25) is 4.79 Å². The van der Waals surface area contributed by atoms with E-state index in [0.29, 0.717) is 32.6 Å². The monoisotopic (exact) mass is 399 g/mol. The molecule has 5 heteroatoms. The van der Waals surface area contributed by atoms with Crippen LogP contribution in [0.2, 0.25) is 5.02 Å². The van der Waals surface area contributed by atoms with Crippen LogP contribution in [0.4, 0.5) is 0 Å². The van der Waals surface area contributed by atoms with Gasteiger partial charge in [-0.05, 0) is 29.2 Å². The molecule has 1 heterocycles. The topological polar surface area (TPSA) is 38.3 Å². The minimum Gasteiger partial charge on any atom is -0.372 e. The molecule has 1 aromatic heterocycles. The third-order valence-corrected chi connectivity index (χ3v) is 5.53. The molecule has 0 bridgehead atoms. The summed E-state index contributed by atoms with van der Waals surface area (Å²) in [4.78, 5) is 13.3. The Balaban J connectivity index is 1.46. The van der Waals surface area contributed by atoms with Crippen LogP contribution in [0.25, 0.3) is 0 Å². The van der Waals surface area contributed by atoms with Gasteiger partial charge in [-0.25, -0.2) is 0 Å². The summed E-state index contributed by atoms with van der Waals surface area (Å²) in [6.07, 6.45) is 1.18. The molecular weight excluding hydrogens is 378 g/mol. The Bertz CT molecular complexity index is 864. The average molecular weight is 400 g/mol. The fourth-order valence-corrected chi connectivity index (χ4v) is 3.80. The molecule has 0 spiro atoms. The first kappa shape index (κ1) is 19.6. The number of aryl methyl sites for hydroxylation is 1. The first-order valence-electron chi connectivity index (χ1n) is 8.89. The van der Waals surface area contributed by atoms with Crippen molar-refractivity contribution in [3.8, 4) is 0 Å². The lowest BCUT2D eigenvalue weighted by molar-refractivity contribution is -0.121. The Kier molecular flexibility index (Phi) is 7.45. The molecule has 140 valence electrons. The van der Waals surface area contributed by atoms with Crippen LogP contribution in [0, 0.1) is 0 Å². The molecular formula is C22H22ClNO2S. The molecule has 0 saturated heterocycles. The first-order valence-corrected chi connectivity index (χ1v) is 10.1. The summed E-state index contributed by atoms with van der Waals surface area (Å²) >= 11 is 7.50. The molecule has 0 unspecified atom stereocenters. The van der Waals surface area contributed by atoms with Crippen LogP contribution in [0.15, 0.2) is 66.0 Å². The summed E-state index contributed by atoms with van der Waals surface area (Å²) in [6, 6.07) is 20.1. The second-order valence-electron chi connectivity index (χ2n) is 6.26. The maximum Gasteiger partial charge on any atom is 0.220 e. The van der Waals surface area contributed by atoms with Gasteiger partial charge in [-0.1, -0.05) is 66.2 Å². The van der Waals surface area contributed by atoms with Crippen molar-refractivity contribution in [2.24, 2.45) is 0 Å². The van der Waals surface area contributed by atoms with Gasteiger partial charge >= 0.3 is 0 Å². The quantitative estimate of drug-likeness (QED) is 0.525. The third kappa shape index (κ3) is 6.51. The third-order valence-electron chi connectivity index (χ3n) is 4.18. The smallest absolute Gasteiger partial charge is 0.220 e. The average Bonchev–Trinajstić information content (AvgIpc) is 3.12. The van der Waals surface area contributed by atoms with E-state index in [9.17, 15) is 4.79 Å². The summed E-state index contributed by atoms with van der Waals surface area (Å²) in [5.74, 6) is 0.0412. The number of nitrogens with one attached hydrogen (secondary N) is 1. The van der Waals surface area contributed by atoms with E-state index in [1.165, 1.54) is 0 Å². The number of halogens is 1. The van der Waals surface area contributed by atoms with E-state index in [1.54, 1.807) is 11.3 Å². The maximum absolute atomic E-state index is 12.1. The number of ether oxygens (including phenoxy) is 1. The van der Waals surface area contributed by atoms with Crippen molar-refractivity contribution in [3.63, 3.8) is 0 Å². The highest BCUT2D eigenvalue weighted by Crippen LogP contribution is 2.20. The Morgan fingerprint density at radius 3 is 2.48 bits per heavy atom. The van der Waals surface area contributed by atoms with Crippen LogP contribution in [0.3, 0.4) is 0 Å². The Morgan fingerprint density at radius 1 is 1.00 bits per heavy atom. The SMILES string of the molecule is O=C(CCc1cc(Cl)cs1)NCc1ccccc1COCc1ccccc1. The van der Waals surface area contributed by atoms with E-state index in [0.717, 1.165) is 26.6 Å². The fourth-order valence-electron chi connectivity index (χ4n) is 2.73.